The summed E-state index contributed by atoms with van der Waals surface area (Å²) >= 11 is 7.38. The van der Waals surface area contributed by atoms with Crippen molar-refractivity contribution >= 4 is 29.3 Å². The molecule has 0 aliphatic rings. The predicted octanol–water partition coefficient (Wildman–Crippen LogP) is 3.65. The molecule has 5 heteroatoms. The summed E-state index contributed by atoms with van der Waals surface area (Å²) in [6, 6.07) is 11.3. The summed E-state index contributed by atoms with van der Waals surface area (Å²) in [5, 5.41) is 10.2. The molecule has 1 aromatic heterocycles. The summed E-state index contributed by atoms with van der Waals surface area (Å²) in [5.41, 5.74) is 1.95. The minimum absolute atomic E-state index is 0.0617. The van der Waals surface area contributed by atoms with Crippen LogP contribution in [-0.4, -0.2) is 16.1 Å². The van der Waals surface area contributed by atoms with Gasteiger partial charge in [0.15, 0.2) is 0 Å². The Morgan fingerprint density at radius 2 is 1.84 bits per heavy atom. The highest BCUT2D eigenvalue weighted by Crippen LogP contribution is 2.22. The zero-order chi connectivity index (χ0) is 13.7. The number of carboxylic acid groups (broad SMARTS) is 1. The van der Waals surface area contributed by atoms with E-state index in [-0.39, 0.29) is 6.42 Å². The average Bonchev–Trinajstić information content (AvgIpc) is 2.39. The van der Waals surface area contributed by atoms with Crippen molar-refractivity contribution in [2.45, 2.75) is 17.2 Å². The highest BCUT2D eigenvalue weighted by molar-refractivity contribution is 7.98. The van der Waals surface area contributed by atoms with Gasteiger partial charge in [-0.3, -0.25) is 4.79 Å². The fourth-order valence-corrected chi connectivity index (χ4v) is 2.44. The van der Waals surface area contributed by atoms with E-state index in [1.54, 1.807) is 18.0 Å². The van der Waals surface area contributed by atoms with Crippen LogP contribution >= 0.6 is 23.4 Å². The van der Waals surface area contributed by atoms with Crippen LogP contribution < -0.4 is 0 Å². The molecule has 1 aromatic carbocycles. The molecule has 1 N–H and O–H groups in total. The molecule has 3 nitrogen and oxygen atoms in total. The van der Waals surface area contributed by atoms with Gasteiger partial charge in [-0.05, 0) is 23.3 Å². The lowest BCUT2D eigenvalue weighted by atomic mass is 10.1. The Balaban J connectivity index is 1.92. The van der Waals surface area contributed by atoms with Crippen LogP contribution in [0.4, 0.5) is 0 Å². The summed E-state index contributed by atoms with van der Waals surface area (Å²) < 4.78 is 0. The van der Waals surface area contributed by atoms with E-state index in [1.165, 1.54) is 0 Å². The smallest absolute Gasteiger partial charge is 0.307 e. The second-order valence-electron chi connectivity index (χ2n) is 3.99. The predicted molar refractivity (Wildman–Crippen MR) is 76.6 cm³/mol. The van der Waals surface area contributed by atoms with E-state index in [2.05, 4.69) is 4.98 Å². The number of aromatic nitrogens is 1. The third-order valence-electron chi connectivity index (χ3n) is 2.47. The van der Waals surface area contributed by atoms with Crippen molar-refractivity contribution in [2.24, 2.45) is 0 Å². The maximum Gasteiger partial charge on any atom is 0.307 e. The topological polar surface area (TPSA) is 50.2 Å². The lowest BCUT2D eigenvalue weighted by Gasteiger charge is -2.03. The third kappa shape index (κ3) is 4.58. The van der Waals surface area contributed by atoms with E-state index >= 15 is 0 Å². The number of pyridine rings is 1. The van der Waals surface area contributed by atoms with Crippen molar-refractivity contribution in [3.05, 3.63) is 58.7 Å². The lowest BCUT2D eigenvalue weighted by molar-refractivity contribution is -0.136. The van der Waals surface area contributed by atoms with Crippen molar-refractivity contribution in [1.29, 1.82) is 0 Å². The van der Waals surface area contributed by atoms with Crippen molar-refractivity contribution in [3.8, 4) is 0 Å². The number of hydrogen-bond donors (Lipinski definition) is 1. The minimum atomic E-state index is -0.813. The van der Waals surface area contributed by atoms with E-state index in [4.69, 9.17) is 16.7 Å². The molecule has 0 aliphatic carbocycles. The zero-order valence-corrected chi connectivity index (χ0v) is 11.6. The summed E-state index contributed by atoms with van der Waals surface area (Å²) in [7, 11) is 0. The molecule has 2 aromatic rings. The molecule has 0 saturated heterocycles. The van der Waals surface area contributed by atoms with Gasteiger partial charge in [0.05, 0.1) is 16.5 Å². The number of hydrogen-bond acceptors (Lipinski definition) is 3. The van der Waals surface area contributed by atoms with Gasteiger partial charge in [0.25, 0.3) is 0 Å². The molecule has 0 amide bonds. The number of benzene rings is 1. The monoisotopic (exact) mass is 293 g/mol. The number of rotatable bonds is 5. The molecule has 0 bridgehead atoms. The van der Waals surface area contributed by atoms with Crippen LogP contribution in [0.15, 0.2) is 47.6 Å². The fourth-order valence-electron chi connectivity index (χ4n) is 1.53. The summed E-state index contributed by atoms with van der Waals surface area (Å²) in [6.07, 6.45) is 1.69. The highest BCUT2D eigenvalue weighted by Gasteiger charge is 2.01. The minimum Gasteiger partial charge on any atom is -0.481 e. The zero-order valence-electron chi connectivity index (χ0n) is 10.0. The largest absolute Gasteiger partial charge is 0.481 e. The van der Waals surface area contributed by atoms with E-state index in [1.807, 2.05) is 36.4 Å². The first-order chi connectivity index (χ1) is 9.13. The van der Waals surface area contributed by atoms with Crippen LogP contribution in [0.25, 0.3) is 0 Å². The molecule has 0 radical (unpaired) electrons. The van der Waals surface area contributed by atoms with Gasteiger partial charge >= 0.3 is 5.97 Å². The number of halogens is 1. The molecule has 0 atom stereocenters. The van der Waals surface area contributed by atoms with Gasteiger partial charge in [0, 0.05) is 11.9 Å². The van der Waals surface area contributed by atoms with Gasteiger partial charge in [0.1, 0.15) is 0 Å². The number of carboxylic acids is 1. The highest BCUT2D eigenvalue weighted by atomic mass is 35.5. The Labute approximate surface area is 120 Å². The first-order valence-corrected chi connectivity index (χ1v) is 7.04. The van der Waals surface area contributed by atoms with Crippen LogP contribution in [-0.2, 0) is 17.0 Å². The molecule has 0 aliphatic heterocycles. The Morgan fingerprint density at radius 3 is 2.42 bits per heavy atom. The van der Waals surface area contributed by atoms with Gasteiger partial charge in [0.2, 0.25) is 0 Å². The van der Waals surface area contributed by atoms with Crippen LogP contribution in [0.3, 0.4) is 0 Å². The van der Waals surface area contributed by atoms with Crippen LogP contribution in [0, 0.1) is 0 Å². The van der Waals surface area contributed by atoms with Gasteiger partial charge in [-0.15, -0.1) is 11.8 Å². The van der Waals surface area contributed by atoms with Crippen molar-refractivity contribution in [3.63, 3.8) is 0 Å². The first-order valence-electron chi connectivity index (χ1n) is 5.67. The quantitative estimate of drug-likeness (QED) is 0.855. The third-order valence-corrected chi connectivity index (χ3v) is 3.70. The number of carbonyl (C=O) groups is 1. The van der Waals surface area contributed by atoms with E-state index in [0.717, 1.165) is 21.9 Å². The Kier molecular flexibility index (Phi) is 4.82. The second kappa shape index (κ2) is 6.59. The normalized spacial score (nSPS) is 10.4. The standard InChI is InChI=1S/C14H12ClNO2S/c15-12-5-6-13(16-8-12)19-9-11-3-1-10(2-4-11)7-14(17)18/h1-6,8H,7,9H2,(H,17,18). The average molecular weight is 294 g/mol. The van der Waals surface area contributed by atoms with Gasteiger partial charge in [-0.2, -0.15) is 0 Å². The molecular weight excluding hydrogens is 282 g/mol. The molecule has 98 valence electrons. The molecule has 0 spiro atoms. The van der Waals surface area contributed by atoms with Gasteiger partial charge in [-0.1, -0.05) is 35.9 Å². The fraction of sp³-hybridized carbons (Fsp3) is 0.143. The van der Waals surface area contributed by atoms with Crippen molar-refractivity contribution in [1.82, 2.24) is 4.98 Å². The summed E-state index contributed by atoms with van der Waals surface area (Å²) in [4.78, 5) is 14.8. The maximum absolute atomic E-state index is 10.6. The summed E-state index contributed by atoms with van der Waals surface area (Å²) in [6.45, 7) is 0. The van der Waals surface area contributed by atoms with E-state index in [9.17, 15) is 4.79 Å². The molecule has 0 fully saturated rings. The molecule has 1 heterocycles. The lowest BCUT2D eigenvalue weighted by Crippen LogP contribution is -1.99. The number of thioether (sulfide) groups is 1. The Morgan fingerprint density at radius 1 is 1.16 bits per heavy atom. The molecule has 2 rings (SSSR count). The van der Waals surface area contributed by atoms with E-state index < -0.39 is 5.97 Å². The Bertz CT molecular complexity index is 555. The van der Waals surface area contributed by atoms with E-state index in [0.29, 0.717) is 5.02 Å². The van der Waals surface area contributed by atoms with Gasteiger partial charge in [-0.25, -0.2) is 4.98 Å². The number of nitrogens with zero attached hydrogens (tertiary/aromatic N) is 1. The second-order valence-corrected chi connectivity index (χ2v) is 5.42. The van der Waals surface area contributed by atoms with Crippen molar-refractivity contribution in [2.75, 3.05) is 0 Å². The van der Waals surface area contributed by atoms with Crippen LogP contribution in [0.5, 0.6) is 0 Å². The van der Waals surface area contributed by atoms with Crippen LogP contribution in [0.1, 0.15) is 11.1 Å². The number of aliphatic carboxylic acids is 1. The Hall–Kier alpha value is -1.52. The molecule has 19 heavy (non-hydrogen) atoms. The SMILES string of the molecule is O=C(O)Cc1ccc(CSc2ccc(Cl)cn2)cc1. The maximum atomic E-state index is 10.6. The summed E-state index contributed by atoms with van der Waals surface area (Å²) in [5.74, 6) is -0.0189. The first kappa shape index (κ1) is 13.9. The van der Waals surface area contributed by atoms with Crippen LogP contribution in [0.2, 0.25) is 5.02 Å². The van der Waals surface area contributed by atoms with Crippen molar-refractivity contribution < 1.29 is 9.90 Å². The molecular formula is C14H12ClNO2S. The molecule has 0 saturated carbocycles. The van der Waals surface area contributed by atoms with Gasteiger partial charge < -0.3 is 5.11 Å². The molecule has 0 unspecified atom stereocenters.